The van der Waals surface area contributed by atoms with Crippen LogP contribution in [0, 0.1) is 0 Å². The van der Waals surface area contributed by atoms with Crippen LogP contribution in [0.3, 0.4) is 0 Å². The summed E-state index contributed by atoms with van der Waals surface area (Å²) in [6.45, 7) is 0. The van der Waals surface area contributed by atoms with Crippen LogP contribution in [0.25, 0.3) is 0 Å². The maximum atomic E-state index is 12.2. The molecule has 1 aromatic heterocycles. The standard InChI is InChI=1S/C11H10Cl2N4O2S/c12-8-2-1-3-9(11(8)13)17-20(18,19)7-4-5-15-10(6-7)16-14/h1-6,17H,14H2,(H,15,16). The fourth-order valence-corrected chi connectivity index (χ4v) is 2.93. The number of rotatable bonds is 4. The highest BCUT2D eigenvalue weighted by Crippen LogP contribution is 2.31. The van der Waals surface area contributed by atoms with E-state index in [9.17, 15) is 8.42 Å². The van der Waals surface area contributed by atoms with Crippen molar-refractivity contribution in [2.75, 3.05) is 10.1 Å². The van der Waals surface area contributed by atoms with E-state index in [1.165, 1.54) is 24.4 Å². The summed E-state index contributed by atoms with van der Waals surface area (Å²) in [5.41, 5.74) is 2.47. The smallest absolute Gasteiger partial charge is 0.262 e. The maximum Gasteiger partial charge on any atom is 0.262 e. The highest BCUT2D eigenvalue weighted by molar-refractivity contribution is 7.92. The second kappa shape index (κ2) is 5.84. The molecule has 0 fully saturated rings. The Balaban J connectivity index is 2.38. The van der Waals surface area contributed by atoms with Gasteiger partial charge in [-0.05, 0) is 18.2 Å². The minimum atomic E-state index is -3.81. The first-order chi connectivity index (χ1) is 9.44. The lowest BCUT2D eigenvalue weighted by atomic mass is 10.3. The Kier molecular flexibility index (Phi) is 4.34. The molecule has 0 saturated heterocycles. The van der Waals surface area contributed by atoms with Crippen molar-refractivity contribution >= 4 is 44.7 Å². The molecule has 106 valence electrons. The largest absolute Gasteiger partial charge is 0.308 e. The Morgan fingerprint density at radius 2 is 1.95 bits per heavy atom. The average molecular weight is 333 g/mol. The lowest BCUT2D eigenvalue weighted by Crippen LogP contribution is -2.15. The second-order valence-corrected chi connectivity index (χ2v) is 6.20. The number of hydrogen-bond acceptors (Lipinski definition) is 5. The highest BCUT2D eigenvalue weighted by atomic mass is 35.5. The molecule has 2 aromatic rings. The number of benzene rings is 1. The van der Waals surface area contributed by atoms with Crippen LogP contribution in [0.1, 0.15) is 0 Å². The summed E-state index contributed by atoms with van der Waals surface area (Å²) in [6.07, 6.45) is 1.32. The number of sulfonamides is 1. The van der Waals surface area contributed by atoms with Gasteiger partial charge in [-0.3, -0.25) is 4.72 Å². The SMILES string of the molecule is NNc1cc(S(=O)(=O)Nc2cccc(Cl)c2Cl)ccn1. The molecule has 0 unspecified atom stereocenters. The topological polar surface area (TPSA) is 97.1 Å². The molecule has 0 aliphatic rings. The van der Waals surface area contributed by atoms with Crippen molar-refractivity contribution in [3.8, 4) is 0 Å². The Hall–Kier alpha value is -1.54. The van der Waals surface area contributed by atoms with Gasteiger partial charge in [0.05, 0.1) is 20.6 Å². The van der Waals surface area contributed by atoms with E-state index in [1.54, 1.807) is 12.1 Å². The van der Waals surface area contributed by atoms with Crippen LogP contribution in [0.2, 0.25) is 10.0 Å². The third-order valence-corrected chi connectivity index (χ3v) is 4.57. The number of aromatic nitrogens is 1. The fourth-order valence-electron chi connectivity index (χ4n) is 1.44. The second-order valence-electron chi connectivity index (χ2n) is 3.73. The number of halogens is 2. The van der Waals surface area contributed by atoms with Crippen molar-refractivity contribution in [3.05, 3.63) is 46.6 Å². The van der Waals surface area contributed by atoms with Crippen molar-refractivity contribution in [3.63, 3.8) is 0 Å². The average Bonchev–Trinajstić information content (AvgIpc) is 2.44. The van der Waals surface area contributed by atoms with Crippen LogP contribution < -0.4 is 16.0 Å². The van der Waals surface area contributed by atoms with Gasteiger partial charge in [0.15, 0.2) is 0 Å². The van der Waals surface area contributed by atoms with E-state index in [0.29, 0.717) is 0 Å². The Labute approximate surface area is 125 Å². The van der Waals surface area contributed by atoms with Crippen LogP contribution in [0.5, 0.6) is 0 Å². The molecule has 0 radical (unpaired) electrons. The monoisotopic (exact) mass is 332 g/mol. The van der Waals surface area contributed by atoms with Gasteiger partial charge in [0.2, 0.25) is 0 Å². The van der Waals surface area contributed by atoms with E-state index in [2.05, 4.69) is 15.1 Å². The Bertz CT molecular complexity index is 737. The van der Waals surface area contributed by atoms with E-state index in [1.807, 2.05) is 0 Å². The molecule has 0 bridgehead atoms. The Morgan fingerprint density at radius 3 is 2.65 bits per heavy atom. The molecule has 1 aromatic carbocycles. The van der Waals surface area contributed by atoms with E-state index in [-0.39, 0.29) is 26.4 Å². The minimum absolute atomic E-state index is 0.00325. The van der Waals surface area contributed by atoms with Crippen LogP contribution in [0.4, 0.5) is 11.5 Å². The molecule has 6 nitrogen and oxygen atoms in total. The van der Waals surface area contributed by atoms with Gasteiger partial charge in [0, 0.05) is 12.3 Å². The molecule has 0 spiro atoms. The molecule has 2 rings (SSSR count). The summed E-state index contributed by atoms with van der Waals surface area (Å²) < 4.78 is 26.8. The molecule has 0 aliphatic carbocycles. The summed E-state index contributed by atoms with van der Waals surface area (Å²) in [5, 5.41) is 0.384. The van der Waals surface area contributed by atoms with Gasteiger partial charge < -0.3 is 5.43 Å². The first-order valence-corrected chi connectivity index (χ1v) is 7.57. The van der Waals surface area contributed by atoms with Crippen molar-refractivity contribution in [1.29, 1.82) is 0 Å². The third-order valence-electron chi connectivity index (χ3n) is 2.39. The van der Waals surface area contributed by atoms with Crippen LogP contribution in [0.15, 0.2) is 41.4 Å². The molecule has 0 amide bonds. The summed E-state index contributed by atoms with van der Waals surface area (Å²) in [6, 6.07) is 7.29. The highest BCUT2D eigenvalue weighted by Gasteiger charge is 2.17. The predicted octanol–water partition coefficient (Wildman–Crippen LogP) is 2.47. The van der Waals surface area contributed by atoms with E-state index >= 15 is 0 Å². The van der Waals surface area contributed by atoms with Gasteiger partial charge in [0.25, 0.3) is 10.0 Å². The number of hydrazine groups is 1. The van der Waals surface area contributed by atoms with Gasteiger partial charge in [-0.25, -0.2) is 19.2 Å². The zero-order valence-corrected chi connectivity index (χ0v) is 12.3. The Morgan fingerprint density at radius 1 is 1.20 bits per heavy atom. The summed E-state index contributed by atoms with van der Waals surface area (Å²) in [5.74, 6) is 5.42. The molecular formula is C11H10Cl2N4O2S. The minimum Gasteiger partial charge on any atom is -0.308 e. The first-order valence-electron chi connectivity index (χ1n) is 5.33. The lowest BCUT2D eigenvalue weighted by Gasteiger charge is -2.10. The third kappa shape index (κ3) is 3.13. The van der Waals surface area contributed by atoms with Crippen molar-refractivity contribution in [2.45, 2.75) is 4.90 Å². The number of nitrogens with two attached hydrogens (primary N) is 1. The van der Waals surface area contributed by atoms with Crippen LogP contribution >= 0.6 is 23.2 Å². The molecule has 0 aliphatic heterocycles. The molecule has 20 heavy (non-hydrogen) atoms. The zero-order chi connectivity index (χ0) is 14.8. The number of anilines is 2. The fraction of sp³-hybridized carbons (Fsp3) is 0. The van der Waals surface area contributed by atoms with Crippen LogP contribution in [-0.2, 0) is 10.0 Å². The van der Waals surface area contributed by atoms with Crippen molar-refractivity contribution in [2.24, 2.45) is 5.84 Å². The normalized spacial score (nSPS) is 11.2. The predicted molar refractivity (Wildman–Crippen MR) is 79.3 cm³/mol. The van der Waals surface area contributed by atoms with Crippen molar-refractivity contribution < 1.29 is 8.42 Å². The first kappa shape index (κ1) is 14.9. The van der Waals surface area contributed by atoms with E-state index in [0.717, 1.165) is 0 Å². The molecule has 0 saturated carbocycles. The molecular weight excluding hydrogens is 323 g/mol. The van der Waals surface area contributed by atoms with Gasteiger partial charge in [-0.15, -0.1) is 0 Å². The molecule has 9 heteroatoms. The zero-order valence-electron chi connectivity index (χ0n) is 9.97. The van der Waals surface area contributed by atoms with Gasteiger partial charge >= 0.3 is 0 Å². The summed E-state index contributed by atoms with van der Waals surface area (Å²) in [7, 11) is -3.81. The number of hydrogen-bond donors (Lipinski definition) is 3. The van der Waals surface area contributed by atoms with Gasteiger partial charge in [-0.1, -0.05) is 29.3 Å². The van der Waals surface area contributed by atoms with Crippen molar-refractivity contribution in [1.82, 2.24) is 4.98 Å². The summed E-state index contributed by atoms with van der Waals surface area (Å²) in [4.78, 5) is 3.83. The molecule has 4 N–H and O–H groups in total. The number of nitrogens with one attached hydrogen (secondary N) is 2. The van der Waals surface area contributed by atoms with Gasteiger partial charge in [-0.2, -0.15) is 0 Å². The quantitative estimate of drug-likeness (QED) is 0.590. The number of nitrogens with zero attached hydrogens (tertiary/aromatic N) is 1. The van der Waals surface area contributed by atoms with Crippen LogP contribution in [-0.4, -0.2) is 13.4 Å². The number of pyridine rings is 1. The maximum absolute atomic E-state index is 12.2. The van der Waals surface area contributed by atoms with Gasteiger partial charge in [0.1, 0.15) is 5.82 Å². The lowest BCUT2D eigenvalue weighted by molar-refractivity contribution is 0.601. The van der Waals surface area contributed by atoms with E-state index in [4.69, 9.17) is 29.0 Å². The molecule has 0 atom stereocenters. The number of nitrogen functional groups attached to an aromatic ring is 1. The van der Waals surface area contributed by atoms with E-state index < -0.39 is 10.0 Å². The molecule has 1 heterocycles. The summed E-state index contributed by atoms with van der Waals surface area (Å²) >= 11 is 11.8.